The quantitative estimate of drug-likeness (QED) is 0.642. The fourth-order valence-electron chi connectivity index (χ4n) is 2.81. The van der Waals surface area contributed by atoms with Crippen LogP contribution < -0.4 is 0 Å². The van der Waals surface area contributed by atoms with Gasteiger partial charge in [-0.3, -0.25) is 14.6 Å². The summed E-state index contributed by atoms with van der Waals surface area (Å²) in [6.07, 6.45) is 6.25. The lowest BCUT2D eigenvalue weighted by molar-refractivity contribution is -0.130. The average molecular weight is 352 g/mol. The number of rotatable bonds is 9. The predicted octanol–water partition coefficient (Wildman–Crippen LogP) is 2.54. The molecule has 7 heteroatoms. The van der Waals surface area contributed by atoms with E-state index >= 15 is 0 Å². The Labute approximate surface area is 153 Å². The molecule has 0 spiro atoms. The molecule has 7 nitrogen and oxygen atoms in total. The average Bonchev–Trinajstić information content (AvgIpc) is 3.34. The highest BCUT2D eigenvalue weighted by Gasteiger charge is 2.09. The predicted molar refractivity (Wildman–Crippen MR) is 99.2 cm³/mol. The summed E-state index contributed by atoms with van der Waals surface area (Å²) in [7, 11) is 1.86. The normalized spacial score (nSPS) is 10.8. The molecule has 3 rings (SSSR count). The van der Waals surface area contributed by atoms with Gasteiger partial charge < -0.3 is 4.90 Å². The molecule has 0 unspecified atom stereocenters. The number of hydrogen-bond acceptors (Lipinski definition) is 4. The number of nitrogens with one attached hydrogen (secondary N) is 1. The molecule has 1 aromatic carbocycles. The number of amides is 1. The van der Waals surface area contributed by atoms with Crippen LogP contribution in [-0.2, 0) is 17.8 Å². The van der Waals surface area contributed by atoms with E-state index < -0.39 is 0 Å². The molecule has 0 saturated heterocycles. The molecule has 1 amide bonds. The first-order valence-electron chi connectivity index (χ1n) is 8.88. The van der Waals surface area contributed by atoms with Crippen LogP contribution >= 0.6 is 0 Å². The number of hydrogen-bond donors (Lipinski definition) is 1. The minimum atomic E-state index is 0.166. The summed E-state index contributed by atoms with van der Waals surface area (Å²) in [4.78, 5) is 17.9. The van der Waals surface area contributed by atoms with Crippen LogP contribution in [0, 0.1) is 0 Å². The van der Waals surface area contributed by atoms with Crippen LogP contribution in [-0.4, -0.2) is 49.4 Å². The number of carbonyl (C=O) groups is 1. The van der Waals surface area contributed by atoms with Crippen molar-refractivity contribution in [3.8, 4) is 11.3 Å². The van der Waals surface area contributed by atoms with Crippen molar-refractivity contribution < 1.29 is 4.79 Å². The molecule has 0 saturated carbocycles. The molecule has 26 heavy (non-hydrogen) atoms. The minimum Gasteiger partial charge on any atom is -0.346 e. The third-order valence-corrected chi connectivity index (χ3v) is 4.31. The van der Waals surface area contributed by atoms with Gasteiger partial charge in [0.25, 0.3) is 0 Å². The number of benzene rings is 1. The zero-order valence-electron chi connectivity index (χ0n) is 15.0. The van der Waals surface area contributed by atoms with E-state index in [4.69, 9.17) is 0 Å². The Balaban J connectivity index is 1.37. The maximum atomic E-state index is 12.2. The van der Waals surface area contributed by atoms with Crippen molar-refractivity contribution in [2.45, 2.75) is 32.2 Å². The Kier molecular flexibility index (Phi) is 6.14. The first-order valence-corrected chi connectivity index (χ1v) is 8.88. The van der Waals surface area contributed by atoms with E-state index in [1.807, 2.05) is 37.4 Å². The molecule has 0 radical (unpaired) electrons. The maximum Gasteiger partial charge on any atom is 0.222 e. The van der Waals surface area contributed by atoms with Gasteiger partial charge in [-0.25, -0.2) is 4.98 Å². The van der Waals surface area contributed by atoms with Crippen molar-refractivity contribution in [1.29, 1.82) is 0 Å². The Morgan fingerprint density at radius 3 is 2.85 bits per heavy atom. The lowest BCUT2D eigenvalue weighted by Crippen LogP contribution is -2.28. The molecule has 1 N–H and O–H groups in total. The zero-order valence-corrected chi connectivity index (χ0v) is 15.0. The van der Waals surface area contributed by atoms with Crippen LogP contribution in [0.1, 0.15) is 25.0 Å². The van der Waals surface area contributed by atoms with Gasteiger partial charge in [0.1, 0.15) is 12.7 Å². The molecular formula is C19H24N6O. The smallest absolute Gasteiger partial charge is 0.222 e. The molecule has 0 atom stereocenters. The van der Waals surface area contributed by atoms with Gasteiger partial charge in [0.15, 0.2) is 0 Å². The van der Waals surface area contributed by atoms with Crippen molar-refractivity contribution in [1.82, 2.24) is 29.9 Å². The lowest BCUT2D eigenvalue weighted by atomic mass is 10.1. The summed E-state index contributed by atoms with van der Waals surface area (Å²) < 4.78 is 1.75. The van der Waals surface area contributed by atoms with Gasteiger partial charge in [-0.1, -0.05) is 30.3 Å². The fourth-order valence-corrected chi connectivity index (χ4v) is 2.81. The van der Waals surface area contributed by atoms with Crippen LogP contribution in [0.15, 0.2) is 49.1 Å². The monoisotopic (exact) mass is 352 g/mol. The van der Waals surface area contributed by atoms with Crippen molar-refractivity contribution in [2.24, 2.45) is 0 Å². The first kappa shape index (κ1) is 17.8. The fraction of sp³-hybridized carbons (Fsp3) is 0.368. The van der Waals surface area contributed by atoms with Gasteiger partial charge in [-0.2, -0.15) is 10.2 Å². The first-order chi connectivity index (χ1) is 12.7. The van der Waals surface area contributed by atoms with E-state index in [1.54, 1.807) is 15.9 Å². The summed E-state index contributed by atoms with van der Waals surface area (Å²) in [6.45, 7) is 1.46. The molecule has 0 aliphatic carbocycles. The Hall–Kier alpha value is -2.96. The molecule has 136 valence electrons. The van der Waals surface area contributed by atoms with Gasteiger partial charge in [-0.05, 0) is 25.3 Å². The number of nitrogens with zero attached hydrogens (tertiary/aromatic N) is 5. The van der Waals surface area contributed by atoms with Crippen molar-refractivity contribution in [2.75, 3.05) is 13.6 Å². The van der Waals surface area contributed by atoms with Gasteiger partial charge >= 0.3 is 0 Å². The standard InChI is InChI=1S/C19H24N6O/c1-24(19(26)10-6-12-25-15-20-14-21-25)11-5-9-17-13-18(23-22-17)16-7-3-2-4-8-16/h2-4,7-8,13-15H,5-6,9-12H2,1H3,(H,22,23). The molecule has 2 heterocycles. The third-order valence-electron chi connectivity index (χ3n) is 4.31. The highest BCUT2D eigenvalue weighted by atomic mass is 16.2. The van der Waals surface area contributed by atoms with E-state index in [9.17, 15) is 4.79 Å². The number of carbonyl (C=O) groups excluding carboxylic acids is 1. The Morgan fingerprint density at radius 2 is 2.08 bits per heavy atom. The highest BCUT2D eigenvalue weighted by Crippen LogP contribution is 2.17. The van der Waals surface area contributed by atoms with Crippen LogP contribution in [0.2, 0.25) is 0 Å². The van der Waals surface area contributed by atoms with Gasteiger partial charge in [0, 0.05) is 37.8 Å². The third kappa shape index (κ3) is 5.02. The second kappa shape index (κ2) is 8.94. The second-order valence-corrected chi connectivity index (χ2v) is 6.33. The Bertz CT molecular complexity index is 797. The number of H-pyrrole nitrogens is 1. The summed E-state index contributed by atoms with van der Waals surface area (Å²) in [5.74, 6) is 0.166. The van der Waals surface area contributed by atoms with Crippen molar-refractivity contribution in [3.63, 3.8) is 0 Å². The highest BCUT2D eigenvalue weighted by molar-refractivity contribution is 5.75. The molecule has 2 aromatic heterocycles. The van der Waals surface area contributed by atoms with E-state index in [0.29, 0.717) is 6.42 Å². The second-order valence-electron chi connectivity index (χ2n) is 6.33. The van der Waals surface area contributed by atoms with Gasteiger partial charge in [-0.15, -0.1) is 0 Å². The van der Waals surface area contributed by atoms with Crippen LogP contribution in [0.25, 0.3) is 11.3 Å². The number of aromatic amines is 1. The summed E-state index contributed by atoms with van der Waals surface area (Å²) >= 11 is 0. The Morgan fingerprint density at radius 1 is 1.23 bits per heavy atom. The minimum absolute atomic E-state index is 0.166. The molecular weight excluding hydrogens is 328 g/mol. The summed E-state index contributed by atoms with van der Waals surface area (Å²) in [6, 6.07) is 12.2. The maximum absolute atomic E-state index is 12.2. The number of aromatic nitrogens is 5. The SMILES string of the molecule is CN(CCCc1cc(-c2ccccc2)n[nH]1)C(=O)CCCn1cncn1. The van der Waals surface area contributed by atoms with Crippen LogP contribution in [0.5, 0.6) is 0 Å². The zero-order chi connectivity index (χ0) is 18.2. The van der Waals surface area contributed by atoms with E-state index in [0.717, 1.165) is 49.3 Å². The lowest BCUT2D eigenvalue weighted by Gasteiger charge is -2.16. The van der Waals surface area contributed by atoms with E-state index in [2.05, 4.69) is 26.3 Å². The van der Waals surface area contributed by atoms with Gasteiger partial charge in [0.2, 0.25) is 5.91 Å². The van der Waals surface area contributed by atoms with Crippen molar-refractivity contribution >= 4 is 5.91 Å². The summed E-state index contributed by atoms with van der Waals surface area (Å²) in [5, 5.41) is 11.5. The number of aryl methyl sites for hydroxylation is 2. The molecule has 0 aliphatic rings. The topological polar surface area (TPSA) is 79.7 Å². The van der Waals surface area contributed by atoms with Crippen LogP contribution in [0.4, 0.5) is 0 Å². The largest absolute Gasteiger partial charge is 0.346 e. The van der Waals surface area contributed by atoms with E-state index in [-0.39, 0.29) is 5.91 Å². The molecule has 0 bridgehead atoms. The van der Waals surface area contributed by atoms with Crippen LogP contribution in [0.3, 0.4) is 0 Å². The van der Waals surface area contributed by atoms with Gasteiger partial charge in [0.05, 0.1) is 5.69 Å². The molecule has 3 aromatic rings. The summed E-state index contributed by atoms with van der Waals surface area (Å²) in [5.41, 5.74) is 3.16. The van der Waals surface area contributed by atoms with Crippen molar-refractivity contribution in [3.05, 3.63) is 54.7 Å². The molecule has 0 aliphatic heterocycles. The molecule has 0 fully saturated rings. The van der Waals surface area contributed by atoms with E-state index in [1.165, 1.54) is 6.33 Å².